The number of aliphatic carboxylic acids is 1. The topological polar surface area (TPSA) is 40.5 Å². The lowest BCUT2D eigenvalue weighted by Crippen LogP contribution is -2.24. The number of carboxylic acid groups (broad SMARTS) is 1. The smallest absolute Gasteiger partial charge is 0.328 e. The van der Waals surface area contributed by atoms with Crippen LogP contribution in [0.4, 0.5) is 18.9 Å². The average Bonchev–Trinajstić information content (AvgIpc) is 2.24. The molecule has 1 rings (SSSR count). The van der Waals surface area contributed by atoms with Gasteiger partial charge in [0.05, 0.1) is 6.54 Å². The standard InChI is InChI=1S/C12H12F3NO2/c1-16(7-11(14)15)10-5-8(2-3-12(17)18)4-9(13)6-10/h2-6,11H,7H2,1H3,(H,17,18)/b3-2+. The molecule has 0 saturated heterocycles. The molecule has 98 valence electrons. The largest absolute Gasteiger partial charge is 0.478 e. The van der Waals surface area contributed by atoms with Crippen molar-refractivity contribution in [1.29, 1.82) is 0 Å². The minimum Gasteiger partial charge on any atom is -0.478 e. The molecule has 0 atom stereocenters. The second-order valence-corrected chi connectivity index (χ2v) is 3.69. The summed E-state index contributed by atoms with van der Waals surface area (Å²) in [4.78, 5) is 11.5. The van der Waals surface area contributed by atoms with Gasteiger partial charge in [0.1, 0.15) is 5.82 Å². The van der Waals surface area contributed by atoms with Crippen LogP contribution in [0, 0.1) is 5.82 Å². The Labute approximate surface area is 102 Å². The fourth-order valence-electron chi connectivity index (χ4n) is 1.39. The van der Waals surface area contributed by atoms with Crippen molar-refractivity contribution in [3.63, 3.8) is 0 Å². The maximum atomic E-state index is 13.3. The summed E-state index contributed by atoms with van der Waals surface area (Å²) in [5, 5.41) is 8.45. The van der Waals surface area contributed by atoms with Gasteiger partial charge in [0.15, 0.2) is 0 Å². The summed E-state index contributed by atoms with van der Waals surface area (Å²) in [7, 11) is 1.41. The quantitative estimate of drug-likeness (QED) is 0.826. The number of halogens is 3. The Balaban J connectivity index is 2.96. The van der Waals surface area contributed by atoms with E-state index < -0.39 is 24.8 Å². The van der Waals surface area contributed by atoms with Crippen LogP contribution in [0.2, 0.25) is 0 Å². The van der Waals surface area contributed by atoms with Gasteiger partial charge in [-0.25, -0.2) is 18.0 Å². The van der Waals surface area contributed by atoms with Crippen LogP contribution >= 0.6 is 0 Å². The van der Waals surface area contributed by atoms with Crippen LogP contribution in [-0.2, 0) is 4.79 Å². The number of hydrogen-bond acceptors (Lipinski definition) is 2. The van der Waals surface area contributed by atoms with E-state index >= 15 is 0 Å². The first kappa shape index (κ1) is 14.1. The second kappa shape index (κ2) is 6.09. The molecular formula is C12H12F3NO2. The van der Waals surface area contributed by atoms with Crippen LogP contribution in [0.25, 0.3) is 6.08 Å². The Morgan fingerprint density at radius 3 is 2.67 bits per heavy atom. The van der Waals surface area contributed by atoms with Crippen molar-refractivity contribution < 1.29 is 23.1 Å². The predicted molar refractivity (Wildman–Crippen MR) is 62.3 cm³/mol. The molecule has 0 heterocycles. The normalized spacial score (nSPS) is 11.2. The lowest BCUT2D eigenvalue weighted by molar-refractivity contribution is -0.131. The van der Waals surface area contributed by atoms with Gasteiger partial charge in [-0.2, -0.15) is 0 Å². The molecule has 18 heavy (non-hydrogen) atoms. The van der Waals surface area contributed by atoms with E-state index in [-0.39, 0.29) is 5.69 Å². The Kier molecular flexibility index (Phi) is 4.76. The molecule has 0 saturated carbocycles. The van der Waals surface area contributed by atoms with Gasteiger partial charge in [0.2, 0.25) is 0 Å². The summed E-state index contributed by atoms with van der Waals surface area (Å²) >= 11 is 0. The van der Waals surface area contributed by atoms with E-state index in [1.165, 1.54) is 24.1 Å². The van der Waals surface area contributed by atoms with Gasteiger partial charge in [-0.1, -0.05) is 0 Å². The Hall–Kier alpha value is -1.98. The molecule has 0 aliphatic heterocycles. The van der Waals surface area contributed by atoms with E-state index in [1.54, 1.807) is 0 Å². The first-order valence-corrected chi connectivity index (χ1v) is 5.09. The van der Waals surface area contributed by atoms with Crippen LogP contribution in [0.3, 0.4) is 0 Å². The number of rotatable bonds is 5. The van der Waals surface area contributed by atoms with E-state index in [2.05, 4.69) is 0 Å². The van der Waals surface area contributed by atoms with Crippen molar-refractivity contribution in [2.75, 3.05) is 18.5 Å². The average molecular weight is 259 g/mol. The van der Waals surface area contributed by atoms with Gasteiger partial charge < -0.3 is 10.0 Å². The predicted octanol–water partition coefficient (Wildman–Crippen LogP) is 2.62. The number of benzene rings is 1. The highest BCUT2D eigenvalue weighted by Gasteiger charge is 2.10. The Morgan fingerprint density at radius 2 is 2.11 bits per heavy atom. The monoisotopic (exact) mass is 259 g/mol. The third-order valence-corrected chi connectivity index (χ3v) is 2.18. The minimum atomic E-state index is -2.53. The van der Waals surface area contributed by atoms with Crippen molar-refractivity contribution in [2.24, 2.45) is 0 Å². The fraction of sp³-hybridized carbons (Fsp3) is 0.250. The summed E-state index contributed by atoms with van der Waals surface area (Å²) in [5.74, 6) is -1.78. The van der Waals surface area contributed by atoms with Gasteiger partial charge in [-0.15, -0.1) is 0 Å². The maximum Gasteiger partial charge on any atom is 0.328 e. The highest BCUT2D eigenvalue weighted by atomic mass is 19.3. The van der Waals surface area contributed by atoms with Crippen molar-refractivity contribution in [3.05, 3.63) is 35.7 Å². The zero-order valence-corrected chi connectivity index (χ0v) is 9.61. The zero-order chi connectivity index (χ0) is 13.7. The molecule has 3 nitrogen and oxygen atoms in total. The van der Waals surface area contributed by atoms with E-state index in [0.29, 0.717) is 5.56 Å². The van der Waals surface area contributed by atoms with Crippen LogP contribution < -0.4 is 4.90 Å². The third kappa shape index (κ3) is 4.48. The summed E-state index contributed by atoms with van der Waals surface area (Å²) in [6.07, 6.45) is -0.479. The van der Waals surface area contributed by atoms with Gasteiger partial charge in [-0.3, -0.25) is 0 Å². The molecular weight excluding hydrogens is 247 g/mol. The maximum absolute atomic E-state index is 13.3. The molecule has 1 N–H and O–H groups in total. The SMILES string of the molecule is CN(CC(F)F)c1cc(F)cc(/C=C/C(=O)O)c1. The zero-order valence-electron chi connectivity index (χ0n) is 9.61. The molecule has 0 aromatic heterocycles. The fourth-order valence-corrected chi connectivity index (χ4v) is 1.39. The summed E-state index contributed by atoms with van der Waals surface area (Å²) in [6, 6.07) is 3.67. The van der Waals surface area contributed by atoms with Crippen LogP contribution in [0.5, 0.6) is 0 Å². The molecule has 6 heteroatoms. The van der Waals surface area contributed by atoms with Gasteiger partial charge >= 0.3 is 5.97 Å². The van der Waals surface area contributed by atoms with E-state index in [0.717, 1.165) is 18.2 Å². The Morgan fingerprint density at radius 1 is 1.44 bits per heavy atom. The number of anilines is 1. The molecule has 0 bridgehead atoms. The van der Waals surface area contributed by atoms with Crippen LogP contribution in [0.1, 0.15) is 5.56 Å². The number of carboxylic acids is 1. The molecule has 0 fully saturated rings. The molecule has 0 unspecified atom stereocenters. The van der Waals surface area contributed by atoms with Crippen LogP contribution in [0.15, 0.2) is 24.3 Å². The molecule has 0 aliphatic rings. The number of alkyl halides is 2. The lowest BCUT2D eigenvalue weighted by atomic mass is 10.1. The third-order valence-electron chi connectivity index (χ3n) is 2.18. The first-order valence-electron chi connectivity index (χ1n) is 5.09. The molecule has 0 radical (unpaired) electrons. The van der Waals surface area contributed by atoms with Crippen molar-refractivity contribution >= 4 is 17.7 Å². The number of carbonyl (C=O) groups is 1. The molecule has 1 aromatic carbocycles. The Bertz CT molecular complexity index is 461. The van der Waals surface area contributed by atoms with E-state index in [9.17, 15) is 18.0 Å². The molecule has 0 spiro atoms. The van der Waals surface area contributed by atoms with Crippen molar-refractivity contribution in [2.45, 2.75) is 6.43 Å². The molecule has 1 aromatic rings. The number of nitrogens with zero attached hydrogens (tertiary/aromatic N) is 1. The van der Waals surface area contributed by atoms with Gasteiger partial charge in [0, 0.05) is 18.8 Å². The lowest BCUT2D eigenvalue weighted by Gasteiger charge is -2.19. The van der Waals surface area contributed by atoms with Gasteiger partial charge in [-0.05, 0) is 29.8 Å². The summed E-state index contributed by atoms with van der Waals surface area (Å²) in [5.41, 5.74) is 0.564. The summed E-state index contributed by atoms with van der Waals surface area (Å²) < 4.78 is 37.7. The van der Waals surface area contributed by atoms with E-state index in [4.69, 9.17) is 5.11 Å². The first-order chi connectivity index (χ1) is 8.38. The minimum absolute atomic E-state index is 0.264. The highest BCUT2D eigenvalue weighted by molar-refractivity contribution is 5.85. The van der Waals surface area contributed by atoms with Gasteiger partial charge in [0.25, 0.3) is 6.43 Å². The van der Waals surface area contributed by atoms with Crippen LogP contribution in [-0.4, -0.2) is 31.1 Å². The van der Waals surface area contributed by atoms with E-state index in [1.807, 2.05) is 0 Å². The summed E-state index contributed by atoms with van der Waals surface area (Å²) in [6.45, 7) is -0.522. The second-order valence-electron chi connectivity index (χ2n) is 3.69. The van der Waals surface area contributed by atoms with Crippen molar-refractivity contribution in [1.82, 2.24) is 0 Å². The van der Waals surface area contributed by atoms with Crippen molar-refractivity contribution in [3.8, 4) is 0 Å². The molecule has 0 amide bonds. The highest BCUT2D eigenvalue weighted by Crippen LogP contribution is 2.19. The number of hydrogen-bond donors (Lipinski definition) is 1. The molecule has 0 aliphatic carbocycles.